The molecule has 7 heteroatoms. The van der Waals surface area contributed by atoms with Crippen LogP contribution >= 0.6 is 0 Å². The van der Waals surface area contributed by atoms with E-state index >= 15 is 0 Å². The lowest BCUT2D eigenvalue weighted by molar-refractivity contribution is -0.0238. The van der Waals surface area contributed by atoms with Crippen LogP contribution in [0.4, 0.5) is 0 Å². The summed E-state index contributed by atoms with van der Waals surface area (Å²) in [6, 6.07) is 0. The van der Waals surface area contributed by atoms with E-state index in [1.807, 2.05) is 0 Å². The van der Waals surface area contributed by atoms with Gasteiger partial charge in [0, 0.05) is 24.6 Å². The van der Waals surface area contributed by atoms with Gasteiger partial charge in [-0.15, -0.1) is 0 Å². The summed E-state index contributed by atoms with van der Waals surface area (Å²) in [6.07, 6.45) is -1.39. The molecule has 3 N–H and O–H groups in total. The van der Waals surface area contributed by atoms with Crippen molar-refractivity contribution < 1.29 is 19.7 Å². The van der Waals surface area contributed by atoms with E-state index in [-0.39, 0.29) is 6.61 Å². The zero-order chi connectivity index (χ0) is 13.3. The lowest BCUT2D eigenvalue weighted by atomic mass is 10.0. The lowest BCUT2D eigenvalue weighted by Crippen LogP contribution is -2.34. The van der Waals surface area contributed by atoms with Gasteiger partial charge in [0.25, 0.3) is 0 Å². The van der Waals surface area contributed by atoms with E-state index in [4.69, 9.17) is 14.6 Å². The van der Waals surface area contributed by atoms with E-state index in [2.05, 4.69) is 9.97 Å². The molecular formula is C11H16N2O5. The van der Waals surface area contributed by atoms with Gasteiger partial charge in [0.1, 0.15) is 24.4 Å². The van der Waals surface area contributed by atoms with Gasteiger partial charge in [-0.3, -0.25) is 0 Å². The number of nitrogens with one attached hydrogen (secondary N) is 1. The Bertz CT molecular complexity index is 475. The number of aryl methyl sites for hydroxylation is 1. The summed E-state index contributed by atoms with van der Waals surface area (Å²) in [5.74, 6) is 0. The third-order valence-corrected chi connectivity index (χ3v) is 3.14. The maximum atomic E-state index is 11.1. The highest BCUT2D eigenvalue weighted by molar-refractivity contribution is 5.21. The highest BCUT2D eigenvalue weighted by atomic mass is 16.6. The molecule has 0 radical (unpaired) electrons. The molecule has 0 saturated carbocycles. The number of rotatable bonds is 3. The van der Waals surface area contributed by atoms with E-state index in [9.17, 15) is 9.90 Å². The maximum absolute atomic E-state index is 11.1. The average molecular weight is 256 g/mol. The first-order valence-electron chi connectivity index (χ1n) is 5.61. The Hall–Kier alpha value is -1.28. The van der Waals surface area contributed by atoms with E-state index in [0.717, 1.165) is 0 Å². The van der Waals surface area contributed by atoms with Crippen LogP contribution in [0, 0.1) is 6.92 Å². The van der Waals surface area contributed by atoms with Crippen molar-refractivity contribution in [3.8, 4) is 0 Å². The first-order chi connectivity index (χ1) is 8.58. The average Bonchev–Trinajstić information content (AvgIpc) is 2.65. The molecule has 18 heavy (non-hydrogen) atoms. The van der Waals surface area contributed by atoms with Gasteiger partial charge in [0.2, 0.25) is 0 Å². The smallest absolute Gasteiger partial charge is 0.345 e. The van der Waals surface area contributed by atoms with E-state index in [1.165, 1.54) is 13.3 Å². The van der Waals surface area contributed by atoms with Crippen LogP contribution < -0.4 is 5.69 Å². The van der Waals surface area contributed by atoms with Crippen molar-refractivity contribution in [3.05, 3.63) is 27.9 Å². The molecule has 0 spiro atoms. The number of methoxy groups -OCH3 is 1. The van der Waals surface area contributed by atoms with Crippen LogP contribution in [-0.2, 0) is 9.47 Å². The molecule has 1 aromatic heterocycles. The molecule has 1 saturated heterocycles. The molecule has 100 valence electrons. The molecule has 0 bridgehead atoms. The number of ether oxygens (including phenoxy) is 2. The predicted molar refractivity (Wildman–Crippen MR) is 61.1 cm³/mol. The maximum Gasteiger partial charge on any atom is 0.345 e. The highest BCUT2D eigenvalue weighted by Crippen LogP contribution is 2.35. The summed E-state index contributed by atoms with van der Waals surface area (Å²) in [7, 11) is 1.46. The van der Waals surface area contributed by atoms with Gasteiger partial charge in [-0.2, -0.15) is 0 Å². The standard InChI is InChI=1S/C11H16N2O5/c1-5-6(3-12-11(16)13-5)9-10(17-2)8(15)7(4-14)18-9/h3,7-10,14-15H,4H2,1-2H3,(H,12,13,16)/t7-,8?,9+,10+/m1/s1. The number of hydrogen-bond donors (Lipinski definition) is 3. The van der Waals surface area contributed by atoms with Gasteiger partial charge in [-0.1, -0.05) is 0 Å². The molecule has 0 amide bonds. The van der Waals surface area contributed by atoms with Crippen molar-refractivity contribution >= 4 is 0 Å². The summed E-state index contributed by atoms with van der Waals surface area (Å²) in [5, 5.41) is 19.0. The van der Waals surface area contributed by atoms with Crippen molar-refractivity contribution in [3.63, 3.8) is 0 Å². The molecule has 1 fully saturated rings. The van der Waals surface area contributed by atoms with Crippen molar-refractivity contribution in [2.24, 2.45) is 0 Å². The summed E-state index contributed by atoms with van der Waals surface area (Å²) in [4.78, 5) is 17.3. The van der Waals surface area contributed by atoms with Crippen LogP contribution in [-0.4, -0.2) is 52.2 Å². The zero-order valence-electron chi connectivity index (χ0n) is 10.2. The van der Waals surface area contributed by atoms with Crippen molar-refractivity contribution in [2.75, 3.05) is 13.7 Å². The molecule has 1 aliphatic rings. The number of aromatic amines is 1. The summed E-state index contributed by atoms with van der Waals surface area (Å²) in [6.45, 7) is 1.42. The molecule has 0 aromatic carbocycles. The highest BCUT2D eigenvalue weighted by Gasteiger charge is 2.45. The second-order valence-electron chi connectivity index (χ2n) is 4.24. The Morgan fingerprint density at radius 3 is 2.89 bits per heavy atom. The fourth-order valence-corrected chi connectivity index (χ4v) is 2.18. The first-order valence-corrected chi connectivity index (χ1v) is 5.61. The van der Waals surface area contributed by atoms with Crippen LogP contribution in [0.15, 0.2) is 11.0 Å². The van der Waals surface area contributed by atoms with Crippen LogP contribution in [0.2, 0.25) is 0 Å². The van der Waals surface area contributed by atoms with Gasteiger partial charge >= 0.3 is 5.69 Å². The Morgan fingerprint density at radius 1 is 1.61 bits per heavy atom. The van der Waals surface area contributed by atoms with Gasteiger partial charge in [0.05, 0.1) is 6.61 Å². The van der Waals surface area contributed by atoms with Crippen LogP contribution in [0.5, 0.6) is 0 Å². The Morgan fingerprint density at radius 2 is 2.33 bits per heavy atom. The molecule has 4 atom stereocenters. The molecule has 2 rings (SSSR count). The van der Waals surface area contributed by atoms with Crippen molar-refractivity contribution in [1.29, 1.82) is 0 Å². The molecular weight excluding hydrogens is 240 g/mol. The second-order valence-corrected chi connectivity index (χ2v) is 4.24. The number of aromatic nitrogens is 2. The SMILES string of the molecule is CO[C@H]1C(O)[C@@H](CO)O[C@H]1c1cnc(=O)[nH]c1C. The van der Waals surface area contributed by atoms with Crippen LogP contribution in [0.25, 0.3) is 0 Å². The van der Waals surface area contributed by atoms with Gasteiger partial charge in [-0.25, -0.2) is 9.78 Å². The van der Waals surface area contributed by atoms with Crippen molar-refractivity contribution in [1.82, 2.24) is 9.97 Å². The van der Waals surface area contributed by atoms with Crippen molar-refractivity contribution in [2.45, 2.75) is 31.3 Å². The summed E-state index contributed by atoms with van der Waals surface area (Å²) in [5.41, 5.74) is 0.798. The lowest BCUT2D eigenvalue weighted by Gasteiger charge is -2.19. The Kier molecular flexibility index (Phi) is 3.76. The molecule has 1 aliphatic heterocycles. The topological polar surface area (TPSA) is 105 Å². The number of aliphatic hydroxyl groups is 2. The van der Waals surface area contributed by atoms with E-state index in [1.54, 1.807) is 6.92 Å². The van der Waals surface area contributed by atoms with Crippen LogP contribution in [0.1, 0.15) is 17.4 Å². The number of hydrogen-bond acceptors (Lipinski definition) is 6. The van der Waals surface area contributed by atoms with Gasteiger partial charge < -0.3 is 24.7 Å². The zero-order valence-corrected chi connectivity index (χ0v) is 10.2. The molecule has 1 aromatic rings. The second kappa shape index (κ2) is 5.15. The molecule has 2 heterocycles. The third kappa shape index (κ3) is 2.17. The minimum atomic E-state index is -0.920. The fraction of sp³-hybridized carbons (Fsp3) is 0.636. The Labute approximate surface area is 103 Å². The largest absolute Gasteiger partial charge is 0.394 e. The molecule has 1 unspecified atom stereocenters. The number of nitrogens with zero attached hydrogens (tertiary/aromatic N) is 1. The van der Waals surface area contributed by atoms with Crippen LogP contribution in [0.3, 0.4) is 0 Å². The molecule has 0 aliphatic carbocycles. The fourth-order valence-electron chi connectivity index (χ4n) is 2.18. The Balaban J connectivity index is 2.34. The van der Waals surface area contributed by atoms with Gasteiger partial charge in [-0.05, 0) is 6.92 Å². The minimum Gasteiger partial charge on any atom is -0.394 e. The normalized spacial score (nSPS) is 31.8. The van der Waals surface area contributed by atoms with E-state index < -0.39 is 30.1 Å². The number of aliphatic hydroxyl groups excluding tert-OH is 2. The monoisotopic (exact) mass is 256 g/mol. The predicted octanol–water partition coefficient (Wildman–Crippen LogP) is -1.11. The minimum absolute atomic E-state index is 0.298. The first kappa shape index (κ1) is 13.2. The molecule has 7 nitrogen and oxygen atoms in total. The third-order valence-electron chi connectivity index (χ3n) is 3.14. The summed E-state index contributed by atoms with van der Waals surface area (Å²) < 4.78 is 10.7. The van der Waals surface area contributed by atoms with Gasteiger partial charge in [0.15, 0.2) is 0 Å². The van der Waals surface area contributed by atoms with E-state index in [0.29, 0.717) is 11.3 Å². The number of H-pyrrole nitrogens is 1. The quantitative estimate of drug-likeness (QED) is 0.633. The summed E-state index contributed by atoms with van der Waals surface area (Å²) >= 11 is 0.